The molecule has 3 aromatic rings. The molecule has 0 aliphatic carbocycles. The first-order chi connectivity index (χ1) is 14.9. The first kappa shape index (κ1) is 23.0. The Labute approximate surface area is 200 Å². The van der Waals surface area contributed by atoms with Crippen LogP contribution in [0.2, 0.25) is 5.02 Å². The highest BCUT2D eigenvalue weighted by Gasteiger charge is 2.09. The van der Waals surface area contributed by atoms with Gasteiger partial charge in [-0.3, -0.25) is 4.79 Å². The van der Waals surface area contributed by atoms with Crippen LogP contribution < -0.4 is 14.9 Å². The fourth-order valence-electron chi connectivity index (χ4n) is 2.35. The van der Waals surface area contributed by atoms with Crippen LogP contribution in [0.3, 0.4) is 0 Å². The number of benzene rings is 3. The molecule has 0 saturated heterocycles. The Balaban J connectivity index is 1.47. The lowest BCUT2D eigenvalue weighted by Gasteiger charge is -2.07. The van der Waals surface area contributed by atoms with Gasteiger partial charge in [-0.1, -0.05) is 33.6 Å². The van der Waals surface area contributed by atoms with Crippen LogP contribution >= 0.6 is 43.5 Å². The molecule has 6 nitrogen and oxygen atoms in total. The Morgan fingerprint density at radius 1 is 1.03 bits per heavy atom. The summed E-state index contributed by atoms with van der Waals surface area (Å²) in [5.41, 5.74) is 3.53. The number of carbonyl (C=O) groups is 2. The zero-order valence-corrected chi connectivity index (χ0v) is 19.8. The van der Waals surface area contributed by atoms with Crippen LogP contribution in [0.5, 0.6) is 11.5 Å². The summed E-state index contributed by atoms with van der Waals surface area (Å²) < 4.78 is 12.2. The summed E-state index contributed by atoms with van der Waals surface area (Å²) in [4.78, 5) is 24.0. The summed E-state index contributed by atoms with van der Waals surface area (Å²) in [5, 5.41) is 4.45. The highest BCUT2D eigenvalue weighted by atomic mass is 79.9. The SMILES string of the molecule is O=C(COc1ccc(Cl)cc1Br)N/N=C\c1ccc(OC(=O)c2cccc(Br)c2)cc1. The van der Waals surface area contributed by atoms with Gasteiger partial charge >= 0.3 is 5.97 Å². The molecule has 0 aliphatic heterocycles. The summed E-state index contributed by atoms with van der Waals surface area (Å²) in [6, 6.07) is 18.6. The fourth-order valence-corrected chi connectivity index (χ4v) is 3.55. The number of ether oxygens (including phenoxy) is 2. The van der Waals surface area contributed by atoms with E-state index in [1.54, 1.807) is 60.7 Å². The lowest BCUT2D eigenvalue weighted by molar-refractivity contribution is -0.123. The molecule has 1 amide bonds. The van der Waals surface area contributed by atoms with Crippen molar-refractivity contribution in [1.29, 1.82) is 0 Å². The van der Waals surface area contributed by atoms with Gasteiger partial charge in [0.25, 0.3) is 5.91 Å². The Bertz CT molecular complexity index is 1120. The molecule has 0 unspecified atom stereocenters. The van der Waals surface area contributed by atoms with Crippen molar-refractivity contribution in [3.63, 3.8) is 0 Å². The van der Waals surface area contributed by atoms with E-state index in [4.69, 9.17) is 21.1 Å². The summed E-state index contributed by atoms with van der Waals surface area (Å²) in [6.45, 7) is -0.206. The average molecular weight is 567 g/mol. The highest BCUT2D eigenvalue weighted by Crippen LogP contribution is 2.27. The topological polar surface area (TPSA) is 77.0 Å². The lowest BCUT2D eigenvalue weighted by atomic mass is 10.2. The zero-order valence-electron chi connectivity index (χ0n) is 15.8. The third kappa shape index (κ3) is 7.20. The van der Waals surface area contributed by atoms with Gasteiger partial charge in [0.05, 0.1) is 16.3 Å². The van der Waals surface area contributed by atoms with Gasteiger partial charge in [0.2, 0.25) is 0 Å². The number of nitrogens with one attached hydrogen (secondary N) is 1. The van der Waals surface area contributed by atoms with E-state index in [1.165, 1.54) is 6.21 Å². The minimum absolute atomic E-state index is 0.206. The van der Waals surface area contributed by atoms with Crippen LogP contribution in [-0.2, 0) is 4.79 Å². The van der Waals surface area contributed by atoms with Crippen molar-refractivity contribution in [3.8, 4) is 11.5 Å². The third-order valence-electron chi connectivity index (χ3n) is 3.81. The molecule has 0 heterocycles. The summed E-state index contributed by atoms with van der Waals surface area (Å²) >= 11 is 12.5. The van der Waals surface area contributed by atoms with E-state index in [0.29, 0.717) is 32.1 Å². The fraction of sp³-hybridized carbons (Fsp3) is 0.0455. The molecular weight excluding hydrogens is 552 g/mol. The number of hydrazone groups is 1. The largest absolute Gasteiger partial charge is 0.483 e. The van der Waals surface area contributed by atoms with Crippen LogP contribution in [-0.4, -0.2) is 24.7 Å². The maximum absolute atomic E-state index is 12.2. The molecule has 3 rings (SSSR count). The molecule has 1 N–H and O–H groups in total. The van der Waals surface area contributed by atoms with Crippen LogP contribution in [0.4, 0.5) is 0 Å². The molecule has 0 spiro atoms. The normalized spacial score (nSPS) is 10.7. The number of nitrogens with zero attached hydrogens (tertiary/aromatic N) is 1. The van der Waals surface area contributed by atoms with Crippen molar-refractivity contribution >= 4 is 61.6 Å². The van der Waals surface area contributed by atoms with E-state index in [9.17, 15) is 9.59 Å². The molecule has 0 aliphatic rings. The van der Waals surface area contributed by atoms with E-state index < -0.39 is 11.9 Å². The molecule has 0 atom stereocenters. The maximum Gasteiger partial charge on any atom is 0.343 e. The molecule has 9 heteroatoms. The first-order valence-corrected chi connectivity index (χ1v) is 10.8. The van der Waals surface area contributed by atoms with E-state index >= 15 is 0 Å². The average Bonchev–Trinajstić information content (AvgIpc) is 2.74. The summed E-state index contributed by atoms with van der Waals surface area (Å²) in [6.07, 6.45) is 1.47. The number of carbonyl (C=O) groups excluding carboxylic acids is 2. The van der Waals surface area contributed by atoms with Crippen molar-refractivity contribution in [1.82, 2.24) is 5.43 Å². The second-order valence-corrected chi connectivity index (χ2v) is 8.33. The van der Waals surface area contributed by atoms with Gasteiger partial charge in [-0.25, -0.2) is 10.2 Å². The van der Waals surface area contributed by atoms with Gasteiger partial charge in [0.1, 0.15) is 11.5 Å². The molecular formula is C22H15Br2ClN2O4. The van der Waals surface area contributed by atoms with Crippen molar-refractivity contribution in [2.24, 2.45) is 5.10 Å². The quantitative estimate of drug-likeness (QED) is 0.175. The van der Waals surface area contributed by atoms with Gasteiger partial charge in [0.15, 0.2) is 6.61 Å². The molecule has 0 radical (unpaired) electrons. The summed E-state index contributed by atoms with van der Waals surface area (Å²) in [7, 11) is 0. The molecule has 0 aromatic heterocycles. The minimum Gasteiger partial charge on any atom is -0.483 e. The Hall–Kier alpha value is -2.68. The van der Waals surface area contributed by atoms with Gasteiger partial charge < -0.3 is 9.47 Å². The van der Waals surface area contributed by atoms with Crippen molar-refractivity contribution in [2.45, 2.75) is 0 Å². The van der Waals surface area contributed by atoms with Crippen molar-refractivity contribution in [3.05, 3.63) is 91.8 Å². The van der Waals surface area contributed by atoms with E-state index in [0.717, 1.165) is 4.47 Å². The molecule has 0 fully saturated rings. The maximum atomic E-state index is 12.2. The van der Waals surface area contributed by atoms with E-state index in [2.05, 4.69) is 42.4 Å². The number of amides is 1. The molecule has 0 saturated carbocycles. The van der Waals surface area contributed by atoms with Crippen LogP contribution in [0.1, 0.15) is 15.9 Å². The molecule has 3 aromatic carbocycles. The van der Waals surface area contributed by atoms with Crippen molar-refractivity contribution in [2.75, 3.05) is 6.61 Å². The number of hydrogen-bond acceptors (Lipinski definition) is 5. The monoisotopic (exact) mass is 564 g/mol. The first-order valence-electron chi connectivity index (χ1n) is 8.88. The Kier molecular flexibility index (Phi) is 8.22. The molecule has 31 heavy (non-hydrogen) atoms. The van der Waals surface area contributed by atoms with Crippen LogP contribution in [0.25, 0.3) is 0 Å². The zero-order chi connectivity index (χ0) is 22.2. The van der Waals surface area contributed by atoms with Gasteiger partial charge in [-0.05, 0) is 82.2 Å². The predicted molar refractivity (Wildman–Crippen MR) is 126 cm³/mol. The number of rotatable bonds is 7. The van der Waals surface area contributed by atoms with Gasteiger partial charge in [-0.15, -0.1) is 0 Å². The standard InChI is InChI=1S/C22H15Br2ClN2O4/c23-16-3-1-2-15(10-16)22(29)31-18-7-4-14(5-8-18)12-26-27-21(28)13-30-20-9-6-17(25)11-19(20)24/h1-12H,13H2,(H,27,28)/b26-12-. The van der Waals surface area contributed by atoms with Crippen LogP contribution in [0.15, 0.2) is 80.8 Å². The van der Waals surface area contributed by atoms with Gasteiger partial charge in [0, 0.05) is 9.50 Å². The Morgan fingerprint density at radius 3 is 2.52 bits per heavy atom. The number of esters is 1. The second-order valence-electron chi connectivity index (χ2n) is 6.13. The predicted octanol–water partition coefficient (Wildman–Crippen LogP) is 5.61. The smallest absolute Gasteiger partial charge is 0.343 e. The highest BCUT2D eigenvalue weighted by molar-refractivity contribution is 9.10. The van der Waals surface area contributed by atoms with Crippen molar-refractivity contribution < 1.29 is 19.1 Å². The number of halogens is 3. The van der Waals surface area contributed by atoms with E-state index in [-0.39, 0.29) is 6.61 Å². The lowest BCUT2D eigenvalue weighted by Crippen LogP contribution is -2.24. The van der Waals surface area contributed by atoms with Gasteiger partial charge in [-0.2, -0.15) is 5.10 Å². The molecule has 158 valence electrons. The molecule has 0 bridgehead atoms. The number of hydrogen-bond donors (Lipinski definition) is 1. The van der Waals surface area contributed by atoms with Crippen LogP contribution in [0, 0.1) is 0 Å². The minimum atomic E-state index is -0.456. The Morgan fingerprint density at radius 2 is 1.81 bits per heavy atom. The third-order valence-corrected chi connectivity index (χ3v) is 5.15. The summed E-state index contributed by atoms with van der Waals surface area (Å²) in [5.74, 6) is 0.0182. The second kappa shape index (κ2) is 11.1. The van der Waals surface area contributed by atoms with E-state index in [1.807, 2.05) is 6.07 Å².